The third-order valence-electron chi connectivity index (χ3n) is 3.97. The van der Waals surface area contributed by atoms with E-state index in [2.05, 4.69) is 10.5 Å². The smallest absolute Gasteiger partial charge is 0.311 e. The van der Waals surface area contributed by atoms with Gasteiger partial charge in [0, 0.05) is 18.5 Å². The molecule has 0 atom stereocenters. The van der Waals surface area contributed by atoms with Gasteiger partial charge in [0.15, 0.2) is 0 Å². The molecule has 0 fully saturated rings. The predicted octanol–water partition coefficient (Wildman–Crippen LogP) is 2.58. The van der Waals surface area contributed by atoms with E-state index < -0.39 is 11.4 Å². The van der Waals surface area contributed by atoms with Crippen LogP contribution in [0.1, 0.15) is 44.4 Å². The number of amides is 1. The molecule has 2 N–H and O–H groups in total. The Kier molecular flexibility index (Phi) is 6.20. The lowest BCUT2D eigenvalue weighted by Crippen LogP contribution is -2.42. The van der Waals surface area contributed by atoms with Gasteiger partial charge in [-0.05, 0) is 37.8 Å². The normalized spacial score (nSPS) is 11.4. The van der Waals surface area contributed by atoms with Crippen LogP contribution in [0.25, 0.3) is 0 Å². The number of halogens is 1. The highest BCUT2D eigenvalue weighted by molar-refractivity contribution is 6.29. The van der Waals surface area contributed by atoms with Crippen LogP contribution in [-0.2, 0) is 16.0 Å². The number of rotatable bonds is 8. The molecule has 0 spiro atoms. The summed E-state index contributed by atoms with van der Waals surface area (Å²) in [6.45, 7) is 5.50. The molecule has 0 aliphatic carbocycles. The molecular formula is C14H21ClN2O4. The Morgan fingerprint density at radius 2 is 2.00 bits per heavy atom. The molecule has 0 radical (unpaired) electrons. The summed E-state index contributed by atoms with van der Waals surface area (Å²) in [7, 11) is 0. The van der Waals surface area contributed by atoms with Crippen LogP contribution in [0.5, 0.6) is 0 Å². The van der Waals surface area contributed by atoms with Gasteiger partial charge in [-0.25, -0.2) is 0 Å². The van der Waals surface area contributed by atoms with Crippen LogP contribution < -0.4 is 5.32 Å². The van der Waals surface area contributed by atoms with Gasteiger partial charge in [0.2, 0.25) is 11.1 Å². The monoisotopic (exact) mass is 316 g/mol. The summed E-state index contributed by atoms with van der Waals surface area (Å²) in [5, 5.41) is 15.9. The van der Waals surface area contributed by atoms with Crippen molar-refractivity contribution in [1.29, 1.82) is 0 Å². The van der Waals surface area contributed by atoms with Gasteiger partial charge in [0.25, 0.3) is 0 Å². The molecule has 1 rings (SSSR count). The highest BCUT2D eigenvalue weighted by Crippen LogP contribution is 2.26. The van der Waals surface area contributed by atoms with Gasteiger partial charge in [0.1, 0.15) is 0 Å². The topological polar surface area (TPSA) is 92.4 Å². The van der Waals surface area contributed by atoms with E-state index in [1.165, 1.54) is 0 Å². The van der Waals surface area contributed by atoms with Gasteiger partial charge in [0.05, 0.1) is 11.1 Å². The molecule has 0 aliphatic rings. The highest BCUT2D eigenvalue weighted by Gasteiger charge is 2.35. The van der Waals surface area contributed by atoms with E-state index in [9.17, 15) is 14.7 Å². The van der Waals surface area contributed by atoms with Crippen molar-refractivity contribution in [3.05, 3.63) is 16.5 Å². The second kappa shape index (κ2) is 7.45. The number of carbonyl (C=O) groups is 2. The van der Waals surface area contributed by atoms with Crippen molar-refractivity contribution in [2.45, 2.75) is 46.5 Å². The fraction of sp³-hybridized carbons (Fsp3) is 0.643. The fourth-order valence-electron chi connectivity index (χ4n) is 2.11. The predicted molar refractivity (Wildman–Crippen MR) is 78.2 cm³/mol. The average Bonchev–Trinajstić information content (AvgIpc) is 2.77. The summed E-state index contributed by atoms with van der Waals surface area (Å²) in [5.41, 5.74) is 0.470. The molecule has 0 unspecified atom stereocenters. The molecule has 0 aromatic carbocycles. The lowest BCUT2D eigenvalue weighted by atomic mass is 9.82. The van der Waals surface area contributed by atoms with Crippen LogP contribution in [0, 0.1) is 12.3 Å². The number of aromatic nitrogens is 1. The van der Waals surface area contributed by atoms with Crippen molar-refractivity contribution in [2.24, 2.45) is 5.41 Å². The number of nitrogens with zero attached hydrogens (tertiary/aromatic N) is 1. The zero-order valence-corrected chi connectivity index (χ0v) is 13.3. The van der Waals surface area contributed by atoms with Crippen molar-refractivity contribution in [3.63, 3.8) is 0 Å². The molecule has 118 valence electrons. The number of aliphatic carboxylic acids is 1. The minimum absolute atomic E-state index is 0.129. The molecule has 1 aromatic rings. The maximum atomic E-state index is 11.9. The molecule has 6 nitrogen and oxygen atoms in total. The molecule has 7 heteroatoms. The van der Waals surface area contributed by atoms with E-state index in [-0.39, 0.29) is 24.1 Å². The standard InChI is InChI=1S/C14H21ClN2O4/c1-4-14(5-2,13(19)20)8-16-11(18)7-6-10-9(3)17-21-12(10)15/h4-8H2,1-3H3,(H,16,18)(H,19,20). The first-order chi connectivity index (χ1) is 9.86. The molecule has 1 aromatic heterocycles. The number of carbonyl (C=O) groups excluding carboxylic acids is 1. The third-order valence-corrected chi connectivity index (χ3v) is 4.27. The Morgan fingerprint density at radius 3 is 2.43 bits per heavy atom. The van der Waals surface area contributed by atoms with Crippen LogP contribution in [0.15, 0.2) is 4.52 Å². The average molecular weight is 317 g/mol. The Balaban J connectivity index is 2.53. The van der Waals surface area contributed by atoms with Crippen molar-refractivity contribution in [3.8, 4) is 0 Å². The van der Waals surface area contributed by atoms with E-state index in [0.717, 1.165) is 0 Å². The van der Waals surface area contributed by atoms with Gasteiger partial charge in [-0.15, -0.1) is 0 Å². The summed E-state index contributed by atoms with van der Waals surface area (Å²) in [4.78, 5) is 23.2. The summed E-state index contributed by atoms with van der Waals surface area (Å²) in [6.07, 6.45) is 1.56. The number of carboxylic acids is 1. The van der Waals surface area contributed by atoms with Gasteiger partial charge in [-0.1, -0.05) is 19.0 Å². The number of nitrogens with one attached hydrogen (secondary N) is 1. The van der Waals surface area contributed by atoms with E-state index in [4.69, 9.17) is 16.1 Å². The minimum atomic E-state index is -0.902. The molecule has 1 amide bonds. The third kappa shape index (κ3) is 4.20. The first kappa shape index (κ1) is 17.5. The maximum Gasteiger partial charge on any atom is 0.311 e. The van der Waals surface area contributed by atoms with E-state index in [1.807, 2.05) is 13.8 Å². The second-order valence-electron chi connectivity index (χ2n) is 5.09. The molecule has 0 saturated heterocycles. The van der Waals surface area contributed by atoms with Crippen LogP contribution in [0.2, 0.25) is 5.22 Å². The Bertz CT molecular complexity index is 490. The summed E-state index contributed by atoms with van der Waals surface area (Å²) in [5.74, 6) is -1.09. The maximum absolute atomic E-state index is 11.9. The largest absolute Gasteiger partial charge is 0.481 e. The lowest BCUT2D eigenvalue weighted by molar-refractivity contribution is -0.149. The molecule has 0 bridgehead atoms. The first-order valence-corrected chi connectivity index (χ1v) is 7.34. The fourth-order valence-corrected chi connectivity index (χ4v) is 2.38. The molecular weight excluding hydrogens is 296 g/mol. The van der Waals surface area contributed by atoms with Gasteiger partial charge >= 0.3 is 5.97 Å². The summed E-state index contributed by atoms with van der Waals surface area (Å²) in [6, 6.07) is 0. The number of aryl methyl sites for hydroxylation is 1. The van der Waals surface area contributed by atoms with E-state index >= 15 is 0 Å². The van der Waals surface area contributed by atoms with E-state index in [1.54, 1.807) is 6.92 Å². The Labute approximate surface area is 128 Å². The van der Waals surface area contributed by atoms with Crippen molar-refractivity contribution >= 4 is 23.5 Å². The summed E-state index contributed by atoms with van der Waals surface area (Å²) >= 11 is 5.83. The Hall–Kier alpha value is -1.56. The second-order valence-corrected chi connectivity index (χ2v) is 5.43. The van der Waals surface area contributed by atoms with Gasteiger partial charge < -0.3 is 14.9 Å². The minimum Gasteiger partial charge on any atom is -0.481 e. The van der Waals surface area contributed by atoms with Crippen LogP contribution in [0.3, 0.4) is 0 Å². The Morgan fingerprint density at radius 1 is 1.38 bits per heavy atom. The van der Waals surface area contributed by atoms with Gasteiger partial charge in [-0.2, -0.15) is 0 Å². The lowest BCUT2D eigenvalue weighted by Gasteiger charge is -2.26. The van der Waals surface area contributed by atoms with Crippen molar-refractivity contribution in [2.75, 3.05) is 6.54 Å². The van der Waals surface area contributed by atoms with Crippen LogP contribution in [-0.4, -0.2) is 28.7 Å². The summed E-state index contributed by atoms with van der Waals surface area (Å²) < 4.78 is 4.81. The quantitative estimate of drug-likeness (QED) is 0.769. The van der Waals surface area contributed by atoms with Gasteiger partial charge in [-0.3, -0.25) is 9.59 Å². The molecule has 0 aliphatic heterocycles. The zero-order chi connectivity index (χ0) is 16.0. The van der Waals surface area contributed by atoms with Crippen LogP contribution in [0.4, 0.5) is 0 Å². The highest BCUT2D eigenvalue weighted by atomic mass is 35.5. The molecule has 21 heavy (non-hydrogen) atoms. The molecule has 1 heterocycles. The number of hydrogen-bond acceptors (Lipinski definition) is 4. The van der Waals surface area contributed by atoms with E-state index in [0.29, 0.717) is 30.5 Å². The van der Waals surface area contributed by atoms with Crippen molar-refractivity contribution in [1.82, 2.24) is 10.5 Å². The van der Waals surface area contributed by atoms with Crippen molar-refractivity contribution < 1.29 is 19.2 Å². The first-order valence-electron chi connectivity index (χ1n) is 6.97. The number of hydrogen-bond donors (Lipinski definition) is 2. The number of carboxylic acid groups (broad SMARTS) is 1. The van der Waals surface area contributed by atoms with Crippen LogP contribution >= 0.6 is 11.6 Å². The zero-order valence-electron chi connectivity index (χ0n) is 12.5. The molecule has 0 saturated carbocycles. The SMILES string of the molecule is CCC(CC)(CNC(=O)CCc1c(C)noc1Cl)C(=O)O.